The van der Waals surface area contributed by atoms with Crippen LogP contribution in [0.3, 0.4) is 0 Å². The molecule has 5 heteroatoms. The molecule has 2 unspecified atom stereocenters. The molecule has 1 aliphatic carbocycles. The maximum Gasteiger partial charge on any atom is 0.317 e. The number of nitrogens with zero attached hydrogens (tertiary/aromatic N) is 1. The molecule has 0 aliphatic heterocycles. The minimum Gasteiger partial charge on any atom is -0.391 e. The number of hydrogen-bond acceptors (Lipinski definition) is 2. The van der Waals surface area contributed by atoms with E-state index in [1.807, 2.05) is 13.0 Å². The molecule has 1 aromatic carbocycles. The summed E-state index contributed by atoms with van der Waals surface area (Å²) in [5, 5.41) is 12.7. The van der Waals surface area contributed by atoms with E-state index in [0.29, 0.717) is 18.0 Å². The van der Waals surface area contributed by atoms with Crippen molar-refractivity contribution in [3.05, 3.63) is 35.1 Å². The molecule has 21 heavy (non-hydrogen) atoms. The van der Waals surface area contributed by atoms with Gasteiger partial charge in [0.25, 0.3) is 0 Å². The molecule has 1 aromatic rings. The Hall–Kier alpha value is -1.62. The van der Waals surface area contributed by atoms with Gasteiger partial charge in [0.1, 0.15) is 5.82 Å². The molecular formula is C16H23FN2O2. The van der Waals surface area contributed by atoms with E-state index in [-0.39, 0.29) is 17.9 Å². The third-order valence-electron chi connectivity index (χ3n) is 4.01. The third-order valence-corrected chi connectivity index (χ3v) is 4.01. The molecule has 4 nitrogen and oxygen atoms in total. The highest BCUT2D eigenvalue weighted by atomic mass is 19.1. The quantitative estimate of drug-likeness (QED) is 0.877. The zero-order chi connectivity index (χ0) is 15.6. The number of rotatable bonds is 5. The van der Waals surface area contributed by atoms with Crippen molar-refractivity contribution in [1.82, 2.24) is 10.2 Å². The molecule has 0 heterocycles. The van der Waals surface area contributed by atoms with Crippen molar-refractivity contribution in [2.75, 3.05) is 13.6 Å². The smallest absolute Gasteiger partial charge is 0.317 e. The van der Waals surface area contributed by atoms with Crippen LogP contribution in [-0.4, -0.2) is 35.7 Å². The number of aliphatic hydroxyl groups is 1. The fourth-order valence-electron chi connectivity index (χ4n) is 2.25. The standard InChI is InChI=1S/C16H23FN2O2/c1-10-4-5-13(8-14(10)17)11(2)18-16(21)19(3)9-15(20)12-6-7-12/h4-5,8,11-12,15,20H,6-7,9H2,1-3H3,(H,18,21). The molecule has 0 radical (unpaired) electrons. The summed E-state index contributed by atoms with van der Waals surface area (Å²) in [5.74, 6) is 0.0648. The molecule has 0 bridgehead atoms. The lowest BCUT2D eigenvalue weighted by molar-refractivity contribution is 0.113. The van der Waals surface area contributed by atoms with Crippen LogP contribution in [0, 0.1) is 18.7 Å². The molecule has 1 saturated carbocycles. The molecule has 2 rings (SSSR count). The lowest BCUT2D eigenvalue weighted by Gasteiger charge is -2.24. The van der Waals surface area contributed by atoms with Crippen LogP contribution in [0.5, 0.6) is 0 Å². The van der Waals surface area contributed by atoms with Gasteiger partial charge in [0.05, 0.1) is 12.1 Å². The maximum absolute atomic E-state index is 13.5. The number of aryl methyl sites for hydroxylation is 1. The van der Waals surface area contributed by atoms with Gasteiger partial charge in [0.15, 0.2) is 0 Å². The number of benzene rings is 1. The van der Waals surface area contributed by atoms with E-state index < -0.39 is 6.10 Å². The number of likely N-dealkylation sites (N-methyl/N-ethyl adjacent to an activating group) is 1. The fraction of sp³-hybridized carbons (Fsp3) is 0.562. The zero-order valence-electron chi connectivity index (χ0n) is 12.8. The second kappa shape index (κ2) is 6.43. The van der Waals surface area contributed by atoms with Gasteiger partial charge in [0.2, 0.25) is 0 Å². The molecule has 2 amide bonds. The summed E-state index contributed by atoms with van der Waals surface area (Å²) in [6.07, 6.45) is 1.62. The Kier molecular flexibility index (Phi) is 4.83. The van der Waals surface area contributed by atoms with E-state index in [0.717, 1.165) is 18.4 Å². The molecule has 2 atom stereocenters. The van der Waals surface area contributed by atoms with Gasteiger partial charge in [-0.3, -0.25) is 0 Å². The lowest BCUT2D eigenvalue weighted by Crippen LogP contribution is -2.42. The average Bonchev–Trinajstić information content (AvgIpc) is 3.25. The van der Waals surface area contributed by atoms with E-state index in [1.54, 1.807) is 20.0 Å². The Balaban J connectivity index is 1.89. The van der Waals surface area contributed by atoms with Crippen molar-refractivity contribution >= 4 is 6.03 Å². The Morgan fingerprint density at radius 2 is 2.19 bits per heavy atom. The minimum absolute atomic E-state index is 0.261. The van der Waals surface area contributed by atoms with Crippen LogP contribution in [0.15, 0.2) is 18.2 Å². The summed E-state index contributed by atoms with van der Waals surface area (Å²) < 4.78 is 13.5. The second-order valence-corrected chi connectivity index (χ2v) is 5.97. The number of amides is 2. The second-order valence-electron chi connectivity index (χ2n) is 5.97. The molecule has 0 spiro atoms. The summed E-state index contributed by atoms with van der Waals surface area (Å²) in [6, 6.07) is 4.41. The first-order valence-electron chi connectivity index (χ1n) is 7.34. The highest BCUT2D eigenvalue weighted by Crippen LogP contribution is 2.32. The first kappa shape index (κ1) is 15.8. The predicted molar refractivity (Wildman–Crippen MR) is 79.4 cm³/mol. The average molecular weight is 294 g/mol. The van der Waals surface area contributed by atoms with Gasteiger partial charge >= 0.3 is 6.03 Å². The maximum atomic E-state index is 13.5. The van der Waals surface area contributed by atoms with Gasteiger partial charge in [-0.1, -0.05) is 12.1 Å². The summed E-state index contributed by atoms with van der Waals surface area (Å²) in [5.41, 5.74) is 1.31. The first-order valence-corrected chi connectivity index (χ1v) is 7.34. The molecule has 116 valence electrons. The highest BCUT2D eigenvalue weighted by molar-refractivity contribution is 5.74. The van der Waals surface area contributed by atoms with Crippen molar-refractivity contribution in [2.24, 2.45) is 5.92 Å². The monoisotopic (exact) mass is 294 g/mol. The summed E-state index contributed by atoms with van der Waals surface area (Å²) in [7, 11) is 1.66. The Morgan fingerprint density at radius 3 is 2.76 bits per heavy atom. The van der Waals surface area contributed by atoms with E-state index in [9.17, 15) is 14.3 Å². The van der Waals surface area contributed by atoms with E-state index in [2.05, 4.69) is 5.32 Å². The van der Waals surface area contributed by atoms with Crippen molar-refractivity contribution < 1.29 is 14.3 Å². The van der Waals surface area contributed by atoms with Crippen LogP contribution in [0.2, 0.25) is 0 Å². The van der Waals surface area contributed by atoms with Gasteiger partial charge in [0, 0.05) is 13.6 Å². The molecule has 1 aliphatic rings. The van der Waals surface area contributed by atoms with Crippen LogP contribution < -0.4 is 5.32 Å². The normalized spacial score (nSPS) is 17.2. The van der Waals surface area contributed by atoms with Crippen LogP contribution in [0.25, 0.3) is 0 Å². The summed E-state index contributed by atoms with van der Waals surface area (Å²) in [6.45, 7) is 3.84. The molecule has 2 N–H and O–H groups in total. The first-order chi connectivity index (χ1) is 9.88. The number of carbonyl (C=O) groups is 1. The van der Waals surface area contributed by atoms with Gasteiger partial charge in [-0.05, 0) is 49.8 Å². The van der Waals surface area contributed by atoms with E-state index in [4.69, 9.17) is 0 Å². The Labute approximate surface area is 125 Å². The van der Waals surface area contributed by atoms with Crippen LogP contribution in [0.4, 0.5) is 9.18 Å². The van der Waals surface area contributed by atoms with Gasteiger partial charge < -0.3 is 15.3 Å². The molecule has 1 fully saturated rings. The van der Waals surface area contributed by atoms with Crippen molar-refractivity contribution in [2.45, 2.75) is 38.8 Å². The minimum atomic E-state index is -0.451. The van der Waals surface area contributed by atoms with Crippen LogP contribution in [-0.2, 0) is 0 Å². The molecule has 0 saturated heterocycles. The Bertz CT molecular complexity index is 517. The number of hydrogen-bond donors (Lipinski definition) is 2. The number of urea groups is 1. The van der Waals surface area contributed by atoms with Gasteiger partial charge in [-0.2, -0.15) is 0 Å². The lowest BCUT2D eigenvalue weighted by atomic mass is 10.1. The van der Waals surface area contributed by atoms with Gasteiger partial charge in [-0.25, -0.2) is 9.18 Å². The highest BCUT2D eigenvalue weighted by Gasteiger charge is 2.31. The van der Waals surface area contributed by atoms with Crippen molar-refractivity contribution in [3.63, 3.8) is 0 Å². The number of carbonyl (C=O) groups excluding carboxylic acids is 1. The Morgan fingerprint density at radius 1 is 1.52 bits per heavy atom. The van der Waals surface area contributed by atoms with Crippen molar-refractivity contribution in [1.29, 1.82) is 0 Å². The van der Waals surface area contributed by atoms with E-state index >= 15 is 0 Å². The topological polar surface area (TPSA) is 52.6 Å². The van der Waals surface area contributed by atoms with Gasteiger partial charge in [-0.15, -0.1) is 0 Å². The fourth-order valence-corrected chi connectivity index (χ4v) is 2.25. The number of nitrogens with one attached hydrogen (secondary N) is 1. The predicted octanol–water partition coefficient (Wildman–Crippen LogP) is 2.61. The SMILES string of the molecule is Cc1ccc(C(C)NC(=O)N(C)CC(O)C2CC2)cc1F. The third kappa shape index (κ3) is 4.17. The zero-order valence-corrected chi connectivity index (χ0v) is 12.8. The van der Waals surface area contributed by atoms with Crippen LogP contribution >= 0.6 is 0 Å². The molecule has 0 aromatic heterocycles. The largest absolute Gasteiger partial charge is 0.391 e. The summed E-state index contributed by atoms with van der Waals surface area (Å²) in [4.78, 5) is 13.5. The van der Waals surface area contributed by atoms with E-state index in [1.165, 1.54) is 11.0 Å². The number of aliphatic hydroxyl groups excluding tert-OH is 1. The number of halogens is 1. The summed E-state index contributed by atoms with van der Waals surface area (Å²) >= 11 is 0. The van der Waals surface area contributed by atoms with Crippen LogP contribution in [0.1, 0.15) is 36.9 Å². The molecular weight excluding hydrogens is 271 g/mol. The van der Waals surface area contributed by atoms with Crippen molar-refractivity contribution in [3.8, 4) is 0 Å².